The number of nitrogens with zero attached hydrogens (tertiary/aromatic N) is 1. The molecule has 1 amide bonds. The predicted octanol–water partition coefficient (Wildman–Crippen LogP) is -0.597. The van der Waals surface area contributed by atoms with Gasteiger partial charge in [-0.25, -0.2) is 0 Å². The summed E-state index contributed by atoms with van der Waals surface area (Å²) in [6, 6.07) is 11.9. The first-order chi connectivity index (χ1) is 23.1. The molecule has 0 unspecified atom stereocenters. The maximum atomic E-state index is 13.0. The molecule has 0 aromatic heterocycles. The summed E-state index contributed by atoms with van der Waals surface area (Å²) in [6.45, 7) is 0.395. The zero-order valence-corrected chi connectivity index (χ0v) is 26.4. The van der Waals surface area contributed by atoms with E-state index >= 15 is 0 Å². The lowest BCUT2D eigenvalue weighted by Crippen LogP contribution is -2.58. The van der Waals surface area contributed by atoms with Gasteiger partial charge < -0.3 is 50.1 Å². The van der Waals surface area contributed by atoms with Gasteiger partial charge in [-0.15, -0.1) is 0 Å². The van der Waals surface area contributed by atoms with Gasteiger partial charge in [0, 0.05) is 42.0 Å². The van der Waals surface area contributed by atoms with Crippen molar-refractivity contribution in [1.29, 1.82) is 0 Å². The third-order valence-electron chi connectivity index (χ3n) is 10.6. The van der Waals surface area contributed by atoms with Crippen molar-refractivity contribution in [1.82, 2.24) is 4.90 Å². The molecule has 3 aliphatic heterocycles. The first-order valence-electron chi connectivity index (χ1n) is 16.7. The van der Waals surface area contributed by atoms with Crippen molar-refractivity contribution in [3.63, 3.8) is 0 Å². The molecule has 0 radical (unpaired) electrons. The third-order valence-corrected chi connectivity index (χ3v) is 10.6. The lowest BCUT2D eigenvalue weighted by Gasteiger charge is -2.41. The van der Waals surface area contributed by atoms with Crippen LogP contribution in [0.3, 0.4) is 0 Å². The molecule has 5 aliphatic rings. The number of aliphatic hydroxyl groups is 7. The standard InChI is InChI=1S/C37H41NO10/c39-18-23-17-28(41)32(42)29(47-23)9-3-20-1-7-24-25-8-2-21(4-10-30-33(43)35(45)34(44)31(19-40)48-30)16-27(25)37(26(24)15-20)11-13-38(14-12-37)36(46)22-5-6-22/h1-2,7-8,15-16,22-23,28-35,39-45H,5-6,11-14,17-19H2/t23-,28-,29+,30+,31+,32-,33+,34+,35+/m0/s1. The highest BCUT2D eigenvalue weighted by atomic mass is 16.5. The number of aliphatic hydroxyl groups excluding tert-OH is 7. The number of carbonyl (C=O) groups excluding carboxylic acids is 1. The van der Waals surface area contributed by atoms with Crippen LogP contribution >= 0.6 is 0 Å². The number of rotatable bonds is 3. The lowest BCUT2D eigenvalue weighted by atomic mass is 9.70. The van der Waals surface area contributed by atoms with Gasteiger partial charge in [-0.05, 0) is 72.2 Å². The van der Waals surface area contributed by atoms with Crippen molar-refractivity contribution >= 4 is 5.91 Å². The minimum absolute atomic E-state index is 0.130. The summed E-state index contributed by atoms with van der Waals surface area (Å²) in [5.41, 5.74) is 5.19. The summed E-state index contributed by atoms with van der Waals surface area (Å²) < 4.78 is 11.3. The molecule has 11 nitrogen and oxygen atoms in total. The van der Waals surface area contributed by atoms with E-state index in [0.717, 1.165) is 35.1 Å². The monoisotopic (exact) mass is 659 g/mol. The van der Waals surface area contributed by atoms with Crippen molar-refractivity contribution in [2.24, 2.45) is 5.92 Å². The molecule has 3 heterocycles. The summed E-state index contributed by atoms with van der Waals surface area (Å²) in [6.07, 6.45) is -6.97. The van der Waals surface area contributed by atoms with Crippen molar-refractivity contribution in [3.05, 3.63) is 58.7 Å². The Labute approximate surface area is 278 Å². The minimum atomic E-state index is -1.51. The first-order valence-corrected chi connectivity index (χ1v) is 16.7. The van der Waals surface area contributed by atoms with Gasteiger partial charge in [0.05, 0.1) is 25.4 Å². The van der Waals surface area contributed by atoms with Crippen LogP contribution in [0.2, 0.25) is 0 Å². The summed E-state index contributed by atoms with van der Waals surface area (Å²) in [5, 5.41) is 70.6. The Hall–Kier alpha value is -3.33. The molecule has 48 heavy (non-hydrogen) atoms. The zero-order valence-electron chi connectivity index (χ0n) is 26.4. The molecule has 1 saturated carbocycles. The molecule has 1 spiro atoms. The van der Waals surface area contributed by atoms with Gasteiger partial charge >= 0.3 is 0 Å². The number of benzene rings is 2. The number of likely N-dealkylation sites (tertiary alicyclic amines) is 1. The van der Waals surface area contributed by atoms with Crippen LogP contribution < -0.4 is 0 Å². The SMILES string of the molecule is O=C(C1CC1)N1CCC2(CC1)c1cc(C#C[C@H]3O[C@H](CO)[C@@H](O)[C@H](O)[C@@H]3O)ccc1-c1ccc(C#C[C@H]3O[C@H](CO)C[C@H](O)[C@@H]3O)cc12. The van der Waals surface area contributed by atoms with Crippen molar-refractivity contribution in [2.45, 2.75) is 92.5 Å². The van der Waals surface area contributed by atoms with Crippen LogP contribution in [-0.4, -0.2) is 128 Å². The molecule has 9 atom stereocenters. The van der Waals surface area contributed by atoms with Gasteiger partial charge in [0.2, 0.25) is 5.91 Å². The fraction of sp³-hybridized carbons (Fsp3) is 0.541. The van der Waals surface area contributed by atoms with Crippen LogP contribution in [0, 0.1) is 29.6 Å². The Morgan fingerprint density at radius 3 is 1.90 bits per heavy atom. The van der Waals surface area contributed by atoms with Crippen molar-refractivity contribution in [3.8, 4) is 34.8 Å². The van der Waals surface area contributed by atoms with Gasteiger partial charge in [-0.3, -0.25) is 4.79 Å². The Morgan fingerprint density at radius 1 is 0.771 bits per heavy atom. The number of carbonyl (C=O) groups is 1. The Kier molecular flexibility index (Phi) is 9.11. The van der Waals surface area contributed by atoms with E-state index < -0.39 is 67.0 Å². The van der Waals surface area contributed by atoms with Crippen LogP contribution in [0.25, 0.3) is 11.1 Å². The highest BCUT2D eigenvalue weighted by Gasteiger charge is 2.47. The molecule has 4 fully saturated rings. The normalized spacial score (nSPS) is 33.6. The van der Waals surface area contributed by atoms with Gasteiger partial charge in [0.15, 0.2) is 0 Å². The number of hydrogen-bond donors (Lipinski definition) is 7. The number of hydrogen-bond acceptors (Lipinski definition) is 10. The molecular formula is C37H41NO10. The maximum absolute atomic E-state index is 13.0. The molecular weight excluding hydrogens is 618 g/mol. The van der Waals surface area contributed by atoms with Crippen LogP contribution in [-0.2, 0) is 19.7 Å². The molecule has 2 aliphatic carbocycles. The molecule has 7 rings (SSSR count). The fourth-order valence-corrected chi connectivity index (χ4v) is 7.61. The number of ether oxygens (including phenoxy) is 2. The Balaban J connectivity index is 1.21. The molecule has 254 valence electrons. The summed E-state index contributed by atoms with van der Waals surface area (Å²) in [5.74, 6) is 12.4. The van der Waals surface area contributed by atoms with E-state index in [0.29, 0.717) is 37.1 Å². The van der Waals surface area contributed by atoms with E-state index in [1.54, 1.807) is 0 Å². The van der Waals surface area contributed by atoms with Crippen LogP contribution in [0.1, 0.15) is 54.4 Å². The van der Waals surface area contributed by atoms with Gasteiger partial charge in [-0.1, -0.05) is 35.8 Å². The van der Waals surface area contributed by atoms with Crippen molar-refractivity contribution in [2.75, 3.05) is 26.3 Å². The Morgan fingerprint density at radius 2 is 1.35 bits per heavy atom. The van der Waals surface area contributed by atoms with E-state index in [-0.39, 0.29) is 24.9 Å². The van der Waals surface area contributed by atoms with E-state index in [9.17, 15) is 40.5 Å². The second kappa shape index (κ2) is 13.2. The average molecular weight is 660 g/mol. The average Bonchev–Trinajstić information content (AvgIpc) is 3.93. The lowest BCUT2D eigenvalue weighted by molar-refractivity contribution is -0.214. The van der Waals surface area contributed by atoms with E-state index in [4.69, 9.17) is 9.47 Å². The summed E-state index contributed by atoms with van der Waals surface area (Å²) >= 11 is 0. The third kappa shape index (κ3) is 5.94. The van der Waals surface area contributed by atoms with E-state index in [1.807, 2.05) is 35.2 Å². The number of fused-ring (bicyclic) bond motifs is 5. The van der Waals surface area contributed by atoms with Gasteiger partial charge in [0.25, 0.3) is 0 Å². The minimum Gasteiger partial charge on any atom is -0.394 e. The fourth-order valence-electron chi connectivity index (χ4n) is 7.61. The second-order valence-electron chi connectivity index (χ2n) is 13.6. The second-order valence-corrected chi connectivity index (χ2v) is 13.6. The summed E-state index contributed by atoms with van der Waals surface area (Å²) in [7, 11) is 0. The van der Waals surface area contributed by atoms with Gasteiger partial charge in [0.1, 0.15) is 42.7 Å². The summed E-state index contributed by atoms with van der Waals surface area (Å²) in [4.78, 5) is 15.0. The molecule has 3 saturated heterocycles. The highest BCUT2D eigenvalue weighted by molar-refractivity contribution is 5.84. The molecule has 2 aromatic rings. The largest absolute Gasteiger partial charge is 0.394 e. The molecule has 11 heteroatoms. The van der Waals surface area contributed by atoms with Crippen molar-refractivity contribution < 1.29 is 50.0 Å². The van der Waals surface area contributed by atoms with Crippen LogP contribution in [0.15, 0.2) is 36.4 Å². The highest BCUT2D eigenvalue weighted by Crippen LogP contribution is 2.54. The molecule has 0 bridgehead atoms. The topological polar surface area (TPSA) is 180 Å². The smallest absolute Gasteiger partial charge is 0.225 e. The zero-order chi connectivity index (χ0) is 33.7. The van der Waals surface area contributed by atoms with E-state index in [2.05, 4.69) is 29.7 Å². The Bertz CT molecular complexity index is 1670. The molecule has 2 aromatic carbocycles. The first kappa shape index (κ1) is 33.2. The maximum Gasteiger partial charge on any atom is 0.225 e. The van der Waals surface area contributed by atoms with Crippen LogP contribution in [0.5, 0.6) is 0 Å². The van der Waals surface area contributed by atoms with E-state index in [1.165, 1.54) is 0 Å². The van der Waals surface area contributed by atoms with Crippen LogP contribution in [0.4, 0.5) is 0 Å². The number of amides is 1. The van der Waals surface area contributed by atoms with Gasteiger partial charge in [-0.2, -0.15) is 0 Å². The predicted molar refractivity (Wildman–Crippen MR) is 171 cm³/mol. The molecule has 7 N–H and O–H groups in total. The number of piperidine rings is 1. The quantitative estimate of drug-likeness (QED) is 0.211.